The first-order valence-electron chi connectivity index (χ1n) is 26.2. The molecule has 1 unspecified atom stereocenters. The molecule has 1 atom stereocenters. The third kappa shape index (κ3) is 30.0. The van der Waals surface area contributed by atoms with Gasteiger partial charge < -0.3 is 19.7 Å². The van der Waals surface area contributed by atoms with Gasteiger partial charge in [-0.25, -0.2) is 0 Å². The molecule has 0 aliphatic rings. The fourth-order valence-electron chi connectivity index (χ4n) is 8.60. The lowest BCUT2D eigenvalue weighted by molar-refractivity contribution is 0.0895. The summed E-state index contributed by atoms with van der Waals surface area (Å²) in [6.45, 7) is 23.5. The quantitative estimate of drug-likeness (QED) is 0.0401. The zero-order valence-electron chi connectivity index (χ0n) is 40.7. The summed E-state index contributed by atoms with van der Waals surface area (Å²) in [5.74, 6) is 1.99. The lowest BCUT2D eigenvalue weighted by atomic mass is 10.0. The predicted octanol–water partition coefficient (Wildman–Crippen LogP) is 15.8. The second kappa shape index (κ2) is 39.7. The van der Waals surface area contributed by atoms with Crippen LogP contribution in [0.4, 0.5) is 5.69 Å². The molecule has 0 saturated heterocycles. The van der Waals surface area contributed by atoms with Crippen molar-refractivity contribution in [1.29, 1.82) is 0 Å². The van der Waals surface area contributed by atoms with Gasteiger partial charge in [-0.1, -0.05) is 176 Å². The molecular formula is C54H100N2O4. The van der Waals surface area contributed by atoms with E-state index in [1.165, 1.54) is 186 Å². The summed E-state index contributed by atoms with van der Waals surface area (Å²) in [6, 6.07) is 0. The predicted molar refractivity (Wildman–Crippen MR) is 263 cm³/mol. The van der Waals surface area contributed by atoms with E-state index in [2.05, 4.69) is 51.1 Å². The van der Waals surface area contributed by atoms with Gasteiger partial charge in [0.1, 0.15) is 0 Å². The molecule has 0 aromatic heterocycles. The Hall–Kier alpha value is -2.08. The molecule has 0 saturated carbocycles. The Labute approximate surface area is 372 Å². The Bertz CT molecular complexity index is 1200. The number of hydrogen-bond donors (Lipinski definition) is 1. The summed E-state index contributed by atoms with van der Waals surface area (Å²) in [6.07, 6.45) is 44.6. The van der Waals surface area contributed by atoms with Crippen LogP contribution in [-0.2, 0) is 9.47 Å². The minimum Gasteiger partial charge on any atom is -0.495 e. The highest BCUT2D eigenvalue weighted by atomic mass is 16.5. The third-order valence-corrected chi connectivity index (χ3v) is 12.7. The number of anilines is 1. The number of nitrogens with one attached hydrogen (secondary N) is 1. The normalized spacial score (nSPS) is 12.2. The first-order valence-corrected chi connectivity index (χ1v) is 26.2. The van der Waals surface area contributed by atoms with Crippen molar-refractivity contribution in [3.8, 4) is 0 Å². The highest BCUT2D eigenvalue weighted by Crippen LogP contribution is 2.22. The topological polar surface area (TPSA) is 67.9 Å². The van der Waals surface area contributed by atoms with E-state index in [9.17, 15) is 9.59 Å². The standard InChI is InChI=1S/C54H100N2O4/c1-8-12-15-18-25-32-40-50(11-4)59-47(5)38-30-23-21-28-35-44-56(46-37-43-55-52-49(7)53(57)54(52)58)45-36-29-22-24-31-39-48(6)60-51(41-33-26-19-16-13-9-2)42-34-27-20-17-14-10-3/h50-51,55H,5-6,8-46H2,1-4,7H3. The molecule has 350 valence electrons. The highest BCUT2D eigenvalue weighted by Gasteiger charge is 2.16. The van der Waals surface area contributed by atoms with Crippen LogP contribution in [0.2, 0.25) is 0 Å². The molecule has 1 aromatic carbocycles. The molecule has 1 N–H and O–H groups in total. The zero-order valence-corrected chi connectivity index (χ0v) is 40.7. The Morgan fingerprint density at radius 1 is 0.483 bits per heavy atom. The minimum atomic E-state index is -0.353. The van der Waals surface area contributed by atoms with Crippen LogP contribution in [0.15, 0.2) is 34.3 Å². The molecule has 0 bridgehead atoms. The number of nitrogens with zero attached hydrogens (tertiary/aromatic N) is 1. The first kappa shape index (κ1) is 55.9. The van der Waals surface area contributed by atoms with Crippen molar-refractivity contribution < 1.29 is 9.47 Å². The Morgan fingerprint density at radius 3 is 1.28 bits per heavy atom. The number of rotatable bonds is 47. The molecule has 0 aliphatic heterocycles. The van der Waals surface area contributed by atoms with Gasteiger partial charge in [0.05, 0.1) is 29.4 Å². The maximum atomic E-state index is 11.9. The summed E-state index contributed by atoms with van der Waals surface area (Å²) in [5.41, 5.74) is 0.426. The van der Waals surface area contributed by atoms with Crippen molar-refractivity contribution in [3.05, 3.63) is 50.7 Å². The summed E-state index contributed by atoms with van der Waals surface area (Å²) in [7, 11) is 0. The van der Waals surface area contributed by atoms with Crippen LogP contribution in [0, 0.1) is 6.92 Å². The molecule has 6 nitrogen and oxygen atoms in total. The number of unbranched alkanes of at least 4 members (excludes halogenated alkanes) is 23. The van der Waals surface area contributed by atoms with E-state index in [4.69, 9.17) is 9.47 Å². The molecule has 1 aromatic rings. The lowest BCUT2D eigenvalue weighted by Gasteiger charge is -2.23. The maximum absolute atomic E-state index is 11.9. The van der Waals surface area contributed by atoms with Crippen molar-refractivity contribution >= 4 is 5.69 Å². The summed E-state index contributed by atoms with van der Waals surface area (Å²) in [5, 5.41) is 3.24. The lowest BCUT2D eigenvalue weighted by Crippen LogP contribution is -2.37. The van der Waals surface area contributed by atoms with Crippen molar-refractivity contribution in [1.82, 2.24) is 4.90 Å². The maximum Gasteiger partial charge on any atom is 0.249 e. The molecule has 60 heavy (non-hydrogen) atoms. The SMILES string of the molecule is C=C(CCCCCCCN(CCCCCCCC(=C)OC(CCCCCCCC)CCCCCCCC)CCCNc1c(C)c(=O)c1=O)OC(CC)CCCCCCCC. The van der Waals surface area contributed by atoms with Crippen LogP contribution in [0.25, 0.3) is 0 Å². The van der Waals surface area contributed by atoms with Crippen LogP contribution in [0.1, 0.15) is 258 Å². The number of hydrogen-bond acceptors (Lipinski definition) is 6. The van der Waals surface area contributed by atoms with Gasteiger partial charge >= 0.3 is 0 Å². The van der Waals surface area contributed by atoms with E-state index in [0.29, 0.717) is 23.5 Å². The monoisotopic (exact) mass is 841 g/mol. The van der Waals surface area contributed by atoms with Crippen molar-refractivity contribution in [2.75, 3.05) is 31.5 Å². The van der Waals surface area contributed by atoms with E-state index < -0.39 is 0 Å². The van der Waals surface area contributed by atoms with Gasteiger partial charge in [0.15, 0.2) is 0 Å². The molecule has 1 rings (SSSR count). The highest BCUT2D eigenvalue weighted by molar-refractivity contribution is 5.55. The average Bonchev–Trinajstić information content (AvgIpc) is 3.25. The van der Waals surface area contributed by atoms with Gasteiger partial charge in [-0.05, 0) is 104 Å². The molecule has 0 heterocycles. The summed E-state index contributed by atoms with van der Waals surface area (Å²) in [4.78, 5) is 26.2. The average molecular weight is 841 g/mol. The second-order valence-corrected chi connectivity index (χ2v) is 18.5. The molecule has 0 spiro atoms. The fourth-order valence-corrected chi connectivity index (χ4v) is 8.60. The van der Waals surface area contributed by atoms with Crippen molar-refractivity contribution in [2.45, 2.75) is 272 Å². The van der Waals surface area contributed by atoms with E-state index in [-0.39, 0.29) is 10.9 Å². The number of allylic oxidation sites excluding steroid dienone is 2. The van der Waals surface area contributed by atoms with Gasteiger partial charge in [-0.2, -0.15) is 0 Å². The van der Waals surface area contributed by atoms with Gasteiger partial charge in [0, 0.05) is 24.9 Å². The fraction of sp³-hybridized carbons (Fsp3) is 0.852. The molecule has 0 aliphatic carbocycles. The second-order valence-electron chi connectivity index (χ2n) is 18.5. The molecule has 0 fully saturated rings. The summed E-state index contributed by atoms with van der Waals surface area (Å²) >= 11 is 0. The van der Waals surface area contributed by atoms with Crippen LogP contribution in [0.3, 0.4) is 0 Å². The van der Waals surface area contributed by atoms with E-state index >= 15 is 0 Å². The van der Waals surface area contributed by atoms with Crippen molar-refractivity contribution in [3.63, 3.8) is 0 Å². The smallest absolute Gasteiger partial charge is 0.249 e. The summed E-state index contributed by atoms with van der Waals surface area (Å²) < 4.78 is 12.8. The first-order chi connectivity index (χ1) is 29.3. The largest absolute Gasteiger partial charge is 0.495 e. The minimum absolute atomic E-state index is 0.332. The van der Waals surface area contributed by atoms with Crippen LogP contribution in [0.5, 0.6) is 0 Å². The van der Waals surface area contributed by atoms with Gasteiger partial charge in [-0.3, -0.25) is 9.59 Å². The molecule has 6 heteroatoms. The van der Waals surface area contributed by atoms with E-state index in [1.54, 1.807) is 6.92 Å². The Balaban J connectivity index is 2.38. The van der Waals surface area contributed by atoms with E-state index in [1.807, 2.05) is 0 Å². The molecule has 0 radical (unpaired) electrons. The Kier molecular flexibility index (Phi) is 37.1. The van der Waals surface area contributed by atoms with Gasteiger partial charge in [0.2, 0.25) is 10.9 Å². The van der Waals surface area contributed by atoms with Crippen LogP contribution in [-0.4, -0.2) is 43.3 Å². The van der Waals surface area contributed by atoms with Gasteiger partial charge in [-0.15, -0.1) is 0 Å². The number of ether oxygens (including phenoxy) is 2. The molecule has 0 amide bonds. The molecular weight excluding hydrogens is 741 g/mol. The third-order valence-electron chi connectivity index (χ3n) is 12.7. The Morgan fingerprint density at radius 2 is 0.850 bits per heavy atom. The zero-order chi connectivity index (χ0) is 43.9. The van der Waals surface area contributed by atoms with E-state index in [0.717, 1.165) is 76.2 Å². The van der Waals surface area contributed by atoms with Crippen LogP contribution < -0.4 is 16.2 Å². The van der Waals surface area contributed by atoms with Gasteiger partial charge in [0.25, 0.3) is 0 Å². The van der Waals surface area contributed by atoms with Crippen molar-refractivity contribution in [2.24, 2.45) is 0 Å². The van der Waals surface area contributed by atoms with Crippen LogP contribution >= 0.6 is 0 Å².